The van der Waals surface area contributed by atoms with Gasteiger partial charge in [-0.3, -0.25) is 14.5 Å². The topological polar surface area (TPSA) is 88.2 Å². The van der Waals surface area contributed by atoms with Gasteiger partial charge in [0.1, 0.15) is 0 Å². The van der Waals surface area contributed by atoms with Crippen LogP contribution in [0.2, 0.25) is 0 Å². The summed E-state index contributed by atoms with van der Waals surface area (Å²) < 4.78 is 24.7. The monoisotopic (exact) mass is 345 g/mol. The number of rotatable bonds is 6. The first-order valence-corrected chi connectivity index (χ1v) is 9.19. The molecule has 0 aliphatic carbocycles. The van der Waals surface area contributed by atoms with Gasteiger partial charge in [-0.05, 0) is 48.4 Å². The van der Waals surface area contributed by atoms with Gasteiger partial charge in [0.15, 0.2) is 0 Å². The lowest BCUT2D eigenvalue weighted by Crippen LogP contribution is -2.24. The van der Waals surface area contributed by atoms with Crippen LogP contribution in [0, 0.1) is 0 Å². The SMILES string of the molecule is CC(NC(=O)/C=C/c1ccc(NS(C)(=O)=O)cc1)c1ccncc1. The van der Waals surface area contributed by atoms with E-state index in [9.17, 15) is 13.2 Å². The first-order valence-electron chi connectivity index (χ1n) is 7.30. The van der Waals surface area contributed by atoms with Crippen molar-refractivity contribution >= 4 is 27.7 Å². The third kappa shape index (κ3) is 5.85. The zero-order valence-electron chi connectivity index (χ0n) is 13.4. The van der Waals surface area contributed by atoms with Gasteiger partial charge in [-0.25, -0.2) is 8.42 Å². The Morgan fingerprint density at radius 3 is 2.33 bits per heavy atom. The van der Waals surface area contributed by atoms with E-state index in [0.29, 0.717) is 5.69 Å². The van der Waals surface area contributed by atoms with E-state index < -0.39 is 10.0 Å². The van der Waals surface area contributed by atoms with Gasteiger partial charge < -0.3 is 5.32 Å². The maximum absolute atomic E-state index is 11.9. The number of benzene rings is 1. The van der Waals surface area contributed by atoms with E-state index in [2.05, 4.69) is 15.0 Å². The number of amides is 1. The molecule has 2 N–H and O–H groups in total. The standard InChI is InChI=1S/C17H19N3O3S/c1-13(15-9-11-18-12-10-15)19-17(21)8-5-14-3-6-16(7-4-14)20-24(2,22)23/h3-13,20H,1-2H3,(H,19,21)/b8-5+. The van der Waals surface area contributed by atoms with Gasteiger partial charge in [0.05, 0.1) is 12.3 Å². The maximum atomic E-state index is 11.9. The molecule has 1 amide bonds. The average molecular weight is 345 g/mol. The molecule has 126 valence electrons. The molecule has 0 spiro atoms. The van der Waals surface area contributed by atoms with Crippen LogP contribution in [-0.4, -0.2) is 25.6 Å². The average Bonchev–Trinajstić information content (AvgIpc) is 2.53. The number of anilines is 1. The molecule has 0 saturated heterocycles. The second kappa shape index (κ2) is 7.74. The van der Waals surface area contributed by atoms with Gasteiger partial charge in [-0.15, -0.1) is 0 Å². The van der Waals surface area contributed by atoms with Crippen LogP contribution in [0.4, 0.5) is 5.69 Å². The van der Waals surface area contributed by atoms with Gasteiger partial charge in [0, 0.05) is 24.2 Å². The Hall–Kier alpha value is -2.67. The van der Waals surface area contributed by atoms with Gasteiger partial charge >= 0.3 is 0 Å². The quantitative estimate of drug-likeness (QED) is 0.787. The van der Waals surface area contributed by atoms with Gasteiger partial charge in [-0.1, -0.05) is 12.1 Å². The number of sulfonamides is 1. The number of hydrogen-bond donors (Lipinski definition) is 2. The van der Waals surface area contributed by atoms with Crippen molar-refractivity contribution in [2.24, 2.45) is 0 Å². The lowest BCUT2D eigenvalue weighted by Gasteiger charge is -2.12. The van der Waals surface area contributed by atoms with Crippen LogP contribution >= 0.6 is 0 Å². The van der Waals surface area contributed by atoms with E-state index in [-0.39, 0.29) is 11.9 Å². The van der Waals surface area contributed by atoms with Crippen molar-refractivity contribution in [3.8, 4) is 0 Å². The summed E-state index contributed by atoms with van der Waals surface area (Å²) in [5, 5.41) is 2.86. The zero-order chi connectivity index (χ0) is 17.6. The third-order valence-corrected chi connectivity index (χ3v) is 3.81. The van der Waals surface area contributed by atoms with Crippen molar-refractivity contribution in [1.82, 2.24) is 10.3 Å². The molecule has 2 aromatic rings. The molecule has 0 fully saturated rings. The summed E-state index contributed by atoms with van der Waals surface area (Å²) in [7, 11) is -3.29. The first-order chi connectivity index (χ1) is 11.3. The number of nitrogens with zero attached hydrogens (tertiary/aromatic N) is 1. The van der Waals surface area contributed by atoms with Crippen molar-refractivity contribution < 1.29 is 13.2 Å². The van der Waals surface area contributed by atoms with E-state index in [1.807, 2.05) is 19.1 Å². The first kappa shape index (κ1) is 17.7. The van der Waals surface area contributed by atoms with Crippen molar-refractivity contribution in [3.63, 3.8) is 0 Å². The Bertz CT molecular complexity index is 816. The van der Waals surface area contributed by atoms with Crippen LogP contribution < -0.4 is 10.0 Å². The molecule has 0 aliphatic heterocycles. The largest absolute Gasteiger partial charge is 0.346 e. The van der Waals surface area contributed by atoms with Crippen LogP contribution in [0.5, 0.6) is 0 Å². The third-order valence-electron chi connectivity index (χ3n) is 3.21. The zero-order valence-corrected chi connectivity index (χ0v) is 14.2. The Morgan fingerprint density at radius 1 is 1.12 bits per heavy atom. The summed E-state index contributed by atoms with van der Waals surface area (Å²) in [6.07, 6.45) is 7.56. The number of hydrogen-bond acceptors (Lipinski definition) is 4. The molecule has 0 radical (unpaired) electrons. The highest BCUT2D eigenvalue weighted by atomic mass is 32.2. The predicted molar refractivity (Wildman–Crippen MR) is 94.7 cm³/mol. The van der Waals surface area contributed by atoms with Crippen LogP contribution in [-0.2, 0) is 14.8 Å². The molecule has 0 aliphatic rings. The fraction of sp³-hybridized carbons (Fsp3) is 0.176. The Balaban J connectivity index is 1.94. The Labute approximate surface area is 141 Å². The number of carbonyl (C=O) groups is 1. The summed E-state index contributed by atoms with van der Waals surface area (Å²) >= 11 is 0. The van der Waals surface area contributed by atoms with E-state index in [1.54, 1.807) is 42.7 Å². The van der Waals surface area contributed by atoms with Crippen LogP contribution in [0.15, 0.2) is 54.9 Å². The number of aromatic nitrogens is 1. The van der Waals surface area contributed by atoms with Gasteiger partial charge in [0.25, 0.3) is 0 Å². The Morgan fingerprint density at radius 2 is 1.75 bits per heavy atom. The number of pyridine rings is 1. The highest BCUT2D eigenvalue weighted by molar-refractivity contribution is 7.92. The smallest absolute Gasteiger partial charge is 0.244 e. The molecule has 1 atom stereocenters. The van der Waals surface area contributed by atoms with Crippen molar-refractivity contribution in [1.29, 1.82) is 0 Å². The molecule has 7 heteroatoms. The van der Waals surface area contributed by atoms with Crippen LogP contribution in [0.1, 0.15) is 24.1 Å². The van der Waals surface area contributed by atoms with E-state index >= 15 is 0 Å². The van der Waals surface area contributed by atoms with Gasteiger partial charge in [0.2, 0.25) is 15.9 Å². The number of nitrogens with one attached hydrogen (secondary N) is 2. The minimum absolute atomic E-state index is 0.119. The molecule has 1 aromatic carbocycles. The van der Waals surface area contributed by atoms with E-state index in [4.69, 9.17) is 0 Å². The normalized spacial score (nSPS) is 12.8. The fourth-order valence-corrected chi connectivity index (χ4v) is 2.61. The summed E-state index contributed by atoms with van der Waals surface area (Å²) in [6.45, 7) is 1.90. The highest BCUT2D eigenvalue weighted by Gasteiger charge is 2.06. The summed E-state index contributed by atoms with van der Waals surface area (Å²) in [6, 6.07) is 10.3. The molecular formula is C17H19N3O3S. The minimum atomic E-state index is -3.29. The molecular weight excluding hydrogens is 326 g/mol. The van der Waals surface area contributed by atoms with Crippen LogP contribution in [0.25, 0.3) is 6.08 Å². The second-order valence-corrected chi connectivity index (χ2v) is 7.09. The molecule has 24 heavy (non-hydrogen) atoms. The summed E-state index contributed by atoms with van der Waals surface area (Å²) in [4.78, 5) is 15.9. The minimum Gasteiger partial charge on any atom is -0.346 e. The lowest BCUT2D eigenvalue weighted by molar-refractivity contribution is -0.117. The predicted octanol–water partition coefficient (Wildman–Crippen LogP) is 2.34. The van der Waals surface area contributed by atoms with Crippen molar-refractivity contribution in [2.45, 2.75) is 13.0 Å². The number of carbonyl (C=O) groups excluding carboxylic acids is 1. The van der Waals surface area contributed by atoms with Crippen LogP contribution in [0.3, 0.4) is 0 Å². The molecule has 1 unspecified atom stereocenters. The van der Waals surface area contributed by atoms with Crippen molar-refractivity contribution in [3.05, 3.63) is 66.0 Å². The lowest BCUT2D eigenvalue weighted by atomic mass is 10.1. The summed E-state index contributed by atoms with van der Waals surface area (Å²) in [5.74, 6) is -0.211. The summed E-state index contributed by atoms with van der Waals surface area (Å²) in [5.41, 5.74) is 2.24. The molecule has 1 heterocycles. The molecule has 1 aromatic heterocycles. The Kier molecular flexibility index (Phi) is 5.70. The van der Waals surface area contributed by atoms with Crippen molar-refractivity contribution in [2.75, 3.05) is 11.0 Å². The van der Waals surface area contributed by atoms with E-state index in [1.165, 1.54) is 6.08 Å². The molecule has 0 saturated carbocycles. The molecule has 2 rings (SSSR count). The molecule has 0 bridgehead atoms. The fourth-order valence-electron chi connectivity index (χ4n) is 2.05. The highest BCUT2D eigenvalue weighted by Crippen LogP contribution is 2.13. The molecule has 6 nitrogen and oxygen atoms in total. The maximum Gasteiger partial charge on any atom is 0.244 e. The van der Waals surface area contributed by atoms with E-state index in [0.717, 1.165) is 17.4 Å². The second-order valence-electron chi connectivity index (χ2n) is 5.34. The van der Waals surface area contributed by atoms with Gasteiger partial charge in [-0.2, -0.15) is 0 Å².